The maximum absolute atomic E-state index is 11.2. The molecule has 0 aliphatic rings. The van der Waals surface area contributed by atoms with Crippen LogP contribution in [0.15, 0.2) is 0 Å². The summed E-state index contributed by atoms with van der Waals surface area (Å²) in [5.74, 6) is -0.301. The third-order valence-electron chi connectivity index (χ3n) is 1.92. The molecule has 0 aromatic heterocycles. The lowest BCUT2D eigenvalue weighted by atomic mass is 10.2. The van der Waals surface area contributed by atoms with Crippen molar-refractivity contribution in [2.45, 2.75) is 32.3 Å². The summed E-state index contributed by atoms with van der Waals surface area (Å²) in [5, 5.41) is 9.60. The van der Waals surface area contributed by atoms with E-state index in [0.717, 1.165) is 12.8 Å². The number of quaternary nitrogens is 1. The Morgan fingerprint density at radius 1 is 1.40 bits per heavy atom. The number of hydrogen-bond acceptors (Lipinski definition) is 3. The highest BCUT2D eigenvalue weighted by molar-refractivity contribution is 5.69. The first-order valence-electron chi connectivity index (χ1n) is 5.49. The molecule has 0 amide bonds. The van der Waals surface area contributed by atoms with Crippen molar-refractivity contribution in [2.24, 2.45) is 0 Å². The van der Waals surface area contributed by atoms with E-state index in [9.17, 15) is 9.90 Å². The second kappa shape index (κ2) is 6.80. The van der Waals surface area contributed by atoms with Crippen LogP contribution in [0.4, 0.5) is 0 Å². The summed E-state index contributed by atoms with van der Waals surface area (Å²) in [4.78, 5) is 11.2. The number of carbonyl (C=O) groups is 1. The van der Waals surface area contributed by atoms with Crippen LogP contribution in [0.3, 0.4) is 0 Å². The first kappa shape index (κ1) is 14.4. The number of rotatable bonds is 7. The third kappa shape index (κ3) is 9.69. The lowest BCUT2D eigenvalue weighted by Gasteiger charge is -2.26. The normalized spacial score (nSPS) is 13.7. The van der Waals surface area contributed by atoms with Crippen LogP contribution in [0.2, 0.25) is 0 Å². The van der Waals surface area contributed by atoms with Gasteiger partial charge in [0.1, 0.15) is 12.6 Å². The molecule has 15 heavy (non-hydrogen) atoms. The van der Waals surface area contributed by atoms with Gasteiger partial charge in [0.05, 0.1) is 34.2 Å². The standard InChI is InChI=1S/C11H24NO3/c1-5-6-7-15-11(14)8-10(13)9-12(2,3)4/h10,13H,5-9H2,1-4H3/q+1. The lowest BCUT2D eigenvalue weighted by Crippen LogP contribution is -2.42. The van der Waals surface area contributed by atoms with E-state index in [2.05, 4.69) is 0 Å². The summed E-state index contributed by atoms with van der Waals surface area (Å²) in [5.41, 5.74) is 0. The molecule has 0 saturated carbocycles. The van der Waals surface area contributed by atoms with Crippen molar-refractivity contribution in [2.75, 3.05) is 34.3 Å². The summed E-state index contributed by atoms with van der Waals surface area (Å²) in [6.07, 6.45) is 1.38. The number of aliphatic hydroxyl groups excluding tert-OH is 1. The van der Waals surface area contributed by atoms with Crippen molar-refractivity contribution in [3.63, 3.8) is 0 Å². The number of nitrogens with zero attached hydrogens (tertiary/aromatic N) is 1. The lowest BCUT2D eigenvalue weighted by molar-refractivity contribution is -0.873. The molecule has 0 aromatic rings. The second-order valence-electron chi connectivity index (χ2n) is 4.90. The van der Waals surface area contributed by atoms with E-state index in [4.69, 9.17) is 4.74 Å². The second-order valence-corrected chi connectivity index (χ2v) is 4.90. The molecule has 0 aliphatic heterocycles. The number of carbonyl (C=O) groups excluding carboxylic acids is 1. The smallest absolute Gasteiger partial charge is 0.308 e. The van der Waals surface area contributed by atoms with Crippen LogP contribution >= 0.6 is 0 Å². The minimum atomic E-state index is -0.612. The van der Waals surface area contributed by atoms with Crippen molar-refractivity contribution in [1.82, 2.24) is 0 Å². The highest BCUT2D eigenvalue weighted by Crippen LogP contribution is 2.01. The molecule has 4 nitrogen and oxygen atoms in total. The first-order valence-corrected chi connectivity index (χ1v) is 5.49. The zero-order valence-electron chi connectivity index (χ0n) is 10.3. The van der Waals surface area contributed by atoms with Crippen molar-refractivity contribution >= 4 is 5.97 Å². The molecular weight excluding hydrogens is 194 g/mol. The summed E-state index contributed by atoms with van der Waals surface area (Å²) < 4.78 is 5.60. The molecule has 0 aromatic carbocycles. The zero-order chi connectivity index (χ0) is 11.9. The van der Waals surface area contributed by atoms with E-state index in [0.29, 0.717) is 17.6 Å². The largest absolute Gasteiger partial charge is 0.466 e. The van der Waals surface area contributed by atoms with Gasteiger partial charge in [-0.2, -0.15) is 0 Å². The first-order chi connectivity index (χ1) is 6.85. The van der Waals surface area contributed by atoms with Gasteiger partial charge in [0.25, 0.3) is 0 Å². The fourth-order valence-corrected chi connectivity index (χ4v) is 1.28. The number of ether oxygens (including phenoxy) is 1. The van der Waals surface area contributed by atoms with E-state index in [1.807, 2.05) is 28.1 Å². The quantitative estimate of drug-likeness (QED) is 0.390. The Morgan fingerprint density at radius 3 is 2.47 bits per heavy atom. The van der Waals surface area contributed by atoms with E-state index < -0.39 is 6.10 Å². The molecule has 1 atom stereocenters. The SMILES string of the molecule is CCCCOC(=O)CC(O)C[N+](C)(C)C. The number of likely N-dealkylation sites (N-methyl/N-ethyl adjacent to an activating group) is 1. The van der Waals surface area contributed by atoms with E-state index >= 15 is 0 Å². The van der Waals surface area contributed by atoms with Crippen LogP contribution in [-0.4, -0.2) is 56.0 Å². The van der Waals surface area contributed by atoms with Gasteiger partial charge >= 0.3 is 5.97 Å². The van der Waals surface area contributed by atoms with Gasteiger partial charge in [0.15, 0.2) is 0 Å². The summed E-state index contributed by atoms with van der Waals surface area (Å²) in [6.45, 7) is 3.06. The van der Waals surface area contributed by atoms with E-state index in [1.54, 1.807) is 0 Å². The maximum Gasteiger partial charge on any atom is 0.308 e. The molecule has 1 unspecified atom stereocenters. The molecular formula is C11H24NO3+. The fourth-order valence-electron chi connectivity index (χ4n) is 1.28. The van der Waals surface area contributed by atoms with Crippen molar-refractivity contribution in [3.8, 4) is 0 Å². The zero-order valence-corrected chi connectivity index (χ0v) is 10.3. The Morgan fingerprint density at radius 2 is 2.00 bits per heavy atom. The van der Waals surface area contributed by atoms with Gasteiger partial charge in [-0.25, -0.2) is 0 Å². The molecule has 90 valence electrons. The fraction of sp³-hybridized carbons (Fsp3) is 0.909. The number of esters is 1. The van der Waals surface area contributed by atoms with Crippen molar-refractivity contribution in [3.05, 3.63) is 0 Å². The van der Waals surface area contributed by atoms with Crippen LogP contribution in [0, 0.1) is 0 Å². The minimum absolute atomic E-state index is 0.0965. The average Bonchev–Trinajstić information content (AvgIpc) is 2.00. The Kier molecular flexibility index (Phi) is 6.52. The Hall–Kier alpha value is -0.610. The average molecular weight is 218 g/mol. The maximum atomic E-state index is 11.2. The van der Waals surface area contributed by atoms with Crippen molar-refractivity contribution < 1.29 is 19.1 Å². The third-order valence-corrected chi connectivity index (χ3v) is 1.92. The highest BCUT2D eigenvalue weighted by atomic mass is 16.5. The van der Waals surface area contributed by atoms with Crippen LogP contribution in [-0.2, 0) is 9.53 Å². The molecule has 0 saturated heterocycles. The minimum Gasteiger partial charge on any atom is -0.466 e. The van der Waals surface area contributed by atoms with Crippen molar-refractivity contribution in [1.29, 1.82) is 0 Å². The Labute approximate surface area is 92.4 Å². The number of aliphatic hydroxyl groups is 1. The predicted octanol–water partition coefficient (Wildman–Crippen LogP) is 0.787. The topological polar surface area (TPSA) is 46.5 Å². The van der Waals surface area contributed by atoms with Gasteiger partial charge < -0.3 is 14.3 Å². The van der Waals surface area contributed by atoms with Gasteiger partial charge in [0, 0.05) is 0 Å². The van der Waals surface area contributed by atoms with Gasteiger partial charge in [0.2, 0.25) is 0 Å². The molecule has 0 spiro atoms. The van der Waals surface area contributed by atoms with Gasteiger partial charge in [-0.05, 0) is 6.42 Å². The molecule has 0 radical (unpaired) electrons. The van der Waals surface area contributed by atoms with Crippen LogP contribution in [0.25, 0.3) is 0 Å². The summed E-state index contributed by atoms with van der Waals surface area (Å²) in [6, 6.07) is 0. The summed E-state index contributed by atoms with van der Waals surface area (Å²) in [7, 11) is 5.93. The summed E-state index contributed by atoms with van der Waals surface area (Å²) >= 11 is 0. The van der Waals surface area contributed by atoms with Crippen LogP contribution < -0.4 is 0 Å². The molecule has 0 bridgehead atoms. The molecule has 0 aliphatic carbocycles. The number of hydrogen-bond donors (Lipinski definition) is 1. The molecule has 0 heterocycles. The van der Waals surface area contributed by atoms with Gasteiger partial charge in [-0.15, -0.1) is 0 Å². The Bertz CT molecular complexity index is 187. The molecule has 1 N–H and O–H groups in total. The van der Waals surface area contributed by atoms with Crippen LogP contribution in [0.1, 0.15) is 26.2 Å². The monoisotopic (exact) mass is 218 g/mol. The Balaban J connectivity index is 3.67. The number of unbranched alkanes of at least 4 members (excludes halogenated alkanes) is 1. The molecule has 4 heteroatoms. The molecule has 0 rings (SSSR count). The van der Waals surface area contributed by atoms with E-state index in [1.165, 1.54) is 0 Å². The van der Waals surface area contributed by atoms with Gasteiger partial charge in [-0.1, -0.05) is 13.3 Å². The molecule has 0 fully saturated rings. The van der Waals surface area contributed by atoms with Crippen LogP contribution in [0.5, 0.6) is 0 Å². The van der Waals surface area contributed by atoms with Gasteiger partial charge in [-0.3, -0.25) is 4.79 Å². The van der Waals surface area contributed by atoms with E-state index in [-0.39, 0.29) is 12.4 Å². The predicted molar refractivity (Wildman–Crippen MR) is 59.4 cm³/mol. The highest BCUT2D eigenvalue weighted by Gasteiger charge is 2.19.